The second-order valence-electron chi connectivity index (χ2n) is 5.40. The van der Waals surface area contributed by atoms with Crippen molar-refractivity contribution in [3.63, 3.8) is 0 Å². The number of carbonyl (C=O) groups excluding carboxylic acids is 1. The monoisotopic (exact) mass is 351 g/mol. The molecule has 0 radical (unpaired) electrons. The van der Waals surface area contributed by atoms with Crippen LogP contribution in [0.15, 0.2) is 36.4 Å². The maximum Gasteiger partial charge on any atom is 0.224 e. The van der Waals surface area contributed by atoms with Crippen LogP contribution in [0, 0.1) is 13.8 Å². The quantitative estimate of drug-likeness (QED) is 0.706. The summed E-state index contributed by atoms with van der Waals surface area (Å²) in [5, 5.41) is 3.68. The fourth-order valence-corrected chi connectivity index (χ4v) is 2.37. The molecule has 0 fully saturated rings. The minimum Gasteiger partial charge on any atom is -0.493 e. The van der Waals surface area contributed by atoms with Crippen LogP contribution < -0.4 is 10.1 Å². The molecule has 0 unspecified atom stereocenters. The Balaban J connectivity index is 1.76. The summed E-state index contributed by atoms with van der Waals surface area (Å²) < 4.78 is 5.73. The molecule has 5 heteroatoms. The van der Waals surface area contributed by atoms with Gasteiger partial charge in [-0.15, -0.1) is 0 Å². The Kier molecular flexibility index (Phi) is 6.31. The first kappa shape index (κ1) is 17.6. The van der Waals surface area contributed by atoms with E-state index in [1.165, 1.54) is 0 Å². The zero-order valence-electron chi connectivity index (χ0n) is 13.2. The average Bonchev–Trinajstić information content (AvgIpc) is 2.51. The Hall–Kier alpha value is -1.71. The van der Waals surface area contributed by atoms with Crippen LogP contribution in [0.5, 0.6) is 5.75 Å². The molecule has 0 saturated heterocycles. The Morgan fingerprint density at radius 1 is 1.09 bits per heavy atom. The van der Waals surface area contributed by atoms with Gasteiger partial charge in [0.05, 0.1) is 16.7 Å². The van der Waals surface area contributed by atoms with Gasteiger partial charge in [0, 0.05) is 12.1 Å². The van der Waals surface area contributed by atoms with E-state index >= 15 is 0 Å². The van der Waals surface area contributed by atoms with E-state index in [9.17, 15) is 4.79 Å². The van der Waals surface area contributed by atoms with Crippen LogP contribution in [0.1, 0.15) is 24.0 Å². The van der Waals surface area contributed by atoms with E-state index < -0.39 is 0 Å². The highest BCUT2D eigenvalue weighted by molar-refractivity contribution is 6.42. The van der Waals surface area contributed by atoms with Crippen LogP contribution in [-0.4, -0.2) is 12.5 Å². The van der Waals surface area contributed by atoms with E-state index in [0.717, 1.165) is 16.9 Å². The van der Waals surface area contributed by atoms with Gasteiger partial charge in [-0.3, -0.25) is 4.79 Å². The van der Waals surface area contributed by atoms with E-state index in [-0.39, 0.29) is 5.91 Å². The standard InChI is InChI=1S/C18H19Cl2NO2/c1-12-5-6-13(2)17(10-12)23-9-3-4-18(22)21-14-7-8-15(19)16(20)11-14/h5-8,10-11H,3-4,9H2,1-2H3,(H,21,22). The molecular weight excluding hydrogens is 333 g/mol. The van der Waals surface area contributed by atoms with Crippen LogP contribution in [0.3, 0.4) is 0 Å². The fraction of sp³-hybridized carbons (Fsp3) is 0.278. The number of halogens is 2. The van der Waals surface area contributed by atoms with Gasteiger partial charge in [0.1, 0.15) is 5.75 Å². The normalized spacial score (nSPS) is 10.4. The molecule has 0 spiro atoms. The number of hydrogen-bond donors (Lipinski definition) is 1. The number of ether oxygens (including phenoxy) is 1. The molecule has 2 aromatic carbocycles. The maximum absolute atomic E-state index is 11.9. The van der Waals surface area contributed by atoms with E-state index in [1.807, 2.05) is 32.0 Å². The third kappa shape index (κ3) is 5.45. The molecule has 2 aromatic rings. The second kappa shape index (κ2) is 8.23. The highest BCUT2D eigenvalue weighted by Crippen LogP contribution is 2.25. The molecule has 1 amide bonds. The van der Waals surface area contributed by atoms with Crippen molar-refractivity contribution in [3.05, 3.63) is 57.6 Å². The molecule has 0 heterocycles. The molecule has 0 aliphatic heterocycles. The predicted molar refractivity (Wildman–Crippen MR) is 95.7 cm³/mol. The van der Waals surface area contributed by atoms with E-state index in [1.54, 1.807) is 18.2 Å². The number of amides is 1. The van der Waals surface area contributed by atoms with Gasteiger partial charge in [-0.25, -0.2) is 0 Å². The molecule has 2 rings (SSSR count). The lowest BCUT2D eigenvalue weighted by Crippen LogP contribution is -2.13. The highest BCUT2D eigenvalue weighted by atomic mass is 35.5. The van der Waals surface area contributed by atoms with Gasteiger partial charge in [-0.1, -0.05) is 35.3 Å². The van der Waals surface area contributed by atoms with Gasteiger partial charge >= 0.3 is 0 Å². The Morgan fingerprint density at radius 2 is 1.87 bits per heavy atom. The third-order valence-electron chi connectivity index (χ3n) is 3.35. The van der Waals surface area contributed by atoms with Crippen molar-refractivity contribution in [2.45, 2.75) is 26.7 Å². The van der Waals surface area contributed by atoms with Gasteiger partial charge in [-0.05, 0) is 55.7 Å². The molecular formula is C18H19Cl2NO2. The second-order valence-corrected chi connectivity index (χ2v) is 6.21. The first-order valence-corrected chi connectivity index (χ1v) is 8.16. The van der Waals surface area contributed by atoms with Crippen molar-refractivity contribution < 1.29 is 9.53 Å². The number of benzene rings is 2. The minimum atomic E-state index is -0.0760. The van der Waals surface area contributed by atoms with Crippen molar-refractivity contribution >= 4 is 34.8 Å². The molecule has 122 valence electrons. The van der Waals surface area contributed by atoms with E-state index in [2.05, 4.69) is 5.32 Å². The average molecular weight is 352 g/mol. The van der Waals surface area contributed by atoms with Crippen molar-refractivity contribution in [1.82, 2.24) is 0 Å². The van der Waals surface area contributed by atoms with Crippen LogP contribution in [0.2, 0.25) is 10.0 Å². The third-order valence-corrected chi connectivity index (χ3v) is 4.09. The Bertz CT molecular complexity index is 701. The van der Waals surface area contributed by atoms with Gasteiger partial charge in [0.2, 0.25) is 5.91 Å². The first-order chi connectivity index (χ1) is 11.0. The molecule has 0 aliphatic carbocycles. The lowest BCUT2D eigenvalue weighted by Gasteiger charge is -2.10. The molecule has 3 nitrogen and oxygen atoms in total. The minimum absolute atomic E-state index is 0.0760. The molecule has 0 saturated carbocycles. The topological polar surface area (TPSA) is 38.3 Å². The summed E-state index contributed by atoms with van der Waals surface area (Å²) in [7, 11) is 0. The van der Waals surface area contributed by atoms with Gasteiger partial charge in [0.15, 0.2) is 0 Å². The molecule has 0 bridgehead atoms. The Morgan fingerprint density at radius 3 is 2.61 bits per heavy atom. The van der Waals surface area contributed by atoms with Gasteiger partial charge < -0.3 is 10.1 Å². The lowest BCUT2D eigenvalue weighted by molar-refractivity contribution is -0.116. The van der Waals surface area contributed by atoms with Crippen LogP contribution in [0.4, 0.5) is 5.69 Å². The number of nitrogens with one attached hydrogen (secondary N) is 1. The Labute approximate surface area is 146 Å². The van der Waals surface area contributed by atoms with Crippen molar-refractivity contribution in [3.8, 4) is 5.75 Å². The van der Waals surface area contributed by atoms with Crippen molar-refractivity contribution in [2.24, 2.45) is 0 Å². The number of carbonyl (C=O) groups is 1. The summed E-state index contributed by atoms with van der Waals surface area (Å²) in [5.74, 6) is 0.794. The lowest BCUT2D eigenvalue weighted by atomic mass is 10.1. The highest BCUT2D eigenvalue weighted by Gasteiger charge is 2.05. The number of anilines is 1. The van der Waals surface area contributed by atoms with Crippen molar-refractivity contribution in [1.29, 1.82) is 0 Å². The van der Waals surface area contributed by atoms with Crippen molar-refractivity contribution in [2.75, 3.05) is 11.9 Å². The molecule has 1 N–H and O–H groups in total. The molecule has 23 heavy (non-hydrogen) atoms. The zero-order valence-corrected chi connectivity index (χ0v) is 14.7. The first-order valence-electron chi connectivity index (χ1n) is 7.40. The summed E-state index contributed by atoms with van der Waals surface area (Å²) in [5.41, 5.74) is 2.89. The predicted octanol–water partition coefficient (Wildman–Crippen LogP) is 5.41. The largest absolute Gasteiger partial charge is 0.493 e. The fourth-order valence-electron chi connectivity index (χ4n) is 2.08. The number of rotatable bonds is 6. The molecule has 0 aromatic heterocycles. The van der Waals surface area contributed by atoms with Crippen LogP contribution in [0.25, 0.3) is 0 Å². The summed E-state index contributed by atoms with van der Waals surface area (Å²) in [6.45, 7) is 4.53. The SMILES string of the molecule is Cc1ccc(C)c(OCCCC(=O)Nc2ccc(Cl)c(Cl)c2)c1. The zero-order chi connectivity index (χ0) is 16.8. The molecule has 0 aliphatic rings. The van der Waals surface area contributed by atoms with E-state index in [0.29, 0.717) is 35.2 Å². The smallest absolute Gasteiger partial charge is 0.224 e. The maximum atomic E-state index is 11.9. The van der Waals surface area contributed by atoms with Crippen LogP contribution in [-0.2, 0) is 4.79 Å². The van der Waals surface area contributed by atoms with Crippen LogP contribution >= 0.6 is 23.2 Å². The number of aryl methyl sites for hydroxylation is 2. The summed E-state index contributed by atoms with van der Waals surface area (Å²) in [6, 6.07) is 11.1. The summed E-state index contributed by atoms with van der Waals surface area (Å²) >= 11 is 11.8. The van der Waals surface area contributed by atoms with Gasteiger partial charge in [-0.2, -0.15) is 0 Å². The number of hydrogen-bond acceptors (Lipinski definition) is 2. The summed E-state index contributed by atoms with van der Waals surface area (Å²) in [4.78, 5) is 11.9. The summed E-state index contributed by atoms with van der Waals surface area (Å²) in [6.07, 6.45) is 1.02. The van der Waals surface area contributed by atoms with Gasteiger partial charge in [0.25, 0.3) is 0 Å². The van der Waals surface area contributed by atoms with E-state index in [4.69, 9.17) is 27.9 Å². The molecule has 0 atom stereocenters.